The average molecular weight is 406 g/mol. The minimum Gasteiger partial charge on any atom is -0.394 e. The van der Waals surface area contributed by atoms with Gasteiger partial charge >= 0.3 is 0 Å². The van der Waals surface area contributed by atoms with E-state index in [0.29, 0.717) is 23.6 Å². The molecular weight excluding hydrogens is 380 g/mol. The largest absolute Gasteiger partial charge is 0.394 e. The molecule has 0 aromatic carbocycles. The molecule has 2 aromatic rings. The number of ether oxygens (including phenoxy) is 3. The summed E-state index contributed by atoms with van der Waals surface area (Å²) < 4.78 is 19.3. The smallest absolute Gasteiger partial charge is 0.184 e. The Morgan fingerprint density at radius 3 is 2.93 bits per heavy atom. The predicted octanol–water partition coefficient (Wildman–Crippen LogP) is 0.210. The number of hydrogen-bond acceptors (Lipinski definition) is 9. The summed E-state index contributed by atoms with van der Waals surface area (Å²) in [4.78, 5) is 19.0. The number of fused-ring (bicyclic) bond motifs is 1. The van der Waals surface area contributed by atoms with E-state index >= 15 is 0 Å². The molecule has 0 bridgehead atoms. The second-order valence-corrected chi connectivity index (χ2v) is 7.36. The van der Waals surface area contributed by atoms with E-state index in [2.05, 4.69) is 19.9 Å². The van der Waals surface area contributed by atoms with Gasteiger partial charge in [-0.1, -0.05) is 0 Å². The Balaban J connectivity index is 1.65. The van der Waals surface area contributed by atoms with E-state index in [1.165, 1.54) is 6.33 Å². The van der Waals surface area contributed by atoms with Crippen LogP contribution in [0.5, 0.6) is 0 Å². The van der Waals surface area contributed by atoms with Crippen LogP contribution in [0.25, 0.3) is 11.2 Å². The Kier molecular flexibility index (Phi) is 6.01. The highest BCUT2D eigenvalue weighted by Crippen LogP contribution is 2.36. The zero-order valence-corrected chi connectivity index (χ0v) is 16.5. The minimum absolute atomic E-state index is 0.330. The van der Waals surface area contributed by atoms with Gasteiger partial charge in [0, 0.05) is 20.7 Å². The quantitative estimate of drug-likeness (QED) is 0.511. The van der Waals surface area contributed by atoms with E-state index in [-0.39, 0.29) is 6.61 Å². The maximum absolute atomic E-state index is 10.7. The summed E-state index contributed by atoms with van der Waals surface area (Å²) in [6.07, 6.45) is 3.65. The molecule has 2 saturated heterocycles. The number of hydrogen-bond donors (Lipinski definition) is 2. The van der Waals surface area contributed by atoms with E-state index in [4.69, 9.17) is 14.2 Å². The molecule has 0 aliphatic carbocycles. The van der Waals surface area contributed by atoms with Crippen LogP contribution in [0.3, 0.4) is 0 Å². The van der Waals surface area contributed by atoms with Crippen LogP contribution in [-0.4, -0.2) is 92.9 Å². The second kappa shape index (κ2) is 8.67. The summed E-state index contributed by atoms with van der Waals surface area (Å²) in [5, 5.41) is 20.3. The van der Waals surface area contributed by atoms with Crippen molar-refractivity contribution in [3.05, 3.63) is 12.7 Å². The zero-order chi connectivity index (χ0) is 20.4. The molecule has 0 radical (unpaired) electrons. The van der Waals surface area contributed by atoms with Crippen molar-refractivity contribution in [1.82, 2.24) is 24.4 Å². The van der Waals surface area contributed by atoms with Crippen LogP contribution in [0, 0.1) is 0 Å². The molecule has 11 heteroatoms. The molecule has 2 aromatic heterocycles. The average Bonchev–Trinajstić information content (AvgIpc) is 3.29. The van der Waals surface area contributed by atoms with Gasteiger partial charge in [0.15, 0.2) is 29.5 Å². The molecule has 2 fully saturated rings. The highest BCUT2D eigenvalue weighted by Gasteiger charge is 2.47. The van der Waals surface area contributed by atoms with E-state index in [9.17, 15) is 10.2 Å². The molecular formula is C18H26N6O5. The third-order valence-electron chi connectivity index (χ3n) is 4.96. The van der Waals surface area contributed by atoms with Crippen LogP contribution in [0.4, 0.5) is 5.82 Å². The fraction of sp³-hybridized carbons (Fsp3) is 0.667. The van der Waals surface area contributed by atoms with Crippen LogP contribution >= 0.6 is 0 Å². The van der Waals surface area contributed by atoms with E-state index < -0.39 is 30.8 Å². The molecule has 4 rings (SSSR count). The molecule has 2 aliphatic rings. The van der Waals surface area contributed by atoms with Gasteiger partial charge in [-0.2, -0.15) is 0 Å². The van der Waals surface area contributed by atoms with Gasteiger partial charge in [0.05, 0.1) is 19.3 Å². The molecule has 0 amide bonds. The Morgan fingerprint density at radius 1 is 1.34 bits per heavy atom. The highest BCUT2D eigenvalue weighted by molar-refractivity contribution is 5.82. The molecule has 29 heavy (non-hydrogen) atoms. The van der Waals surface area contributed by atoms with Crippen LogP contribution in [0.2, 0.25) is 0 Å². The van der Waals surface area contributed by atoms with Crippen LogP contribution in [0.1, 0.15) is 25.5 Å². The highest BCUT2D eigenvalue weighted by atomic mass is 16.7. The number of imidazole rings is 1. The van der Waals surface area contributed by atoms with Gasteiger partial charge in [0.1, 0.15) is 24.6 Å². The summed E-state index contributed by atoms with van der Waals surface area (Å²) in [5.74, 6) is 0.424. The molecule has 4 heterocycles. The lowest BCUT2D eigenvalue weighted by atomic mass is 10.1. The van der Waals surface area contributed by atoms with Gasteiger partial charge < -0.3 is 29.3 Å². The summed E-state index contributed by atoms with van der Waals surface area (Å²) in [6.45, 7) is 0.292. The minimum atomic E-state index is -1.01. The lowest BCUT2D eigenvalue weighted by Crippen LogP contribution is -2.39. The normalized spacial score (nSPS) is 30.4. The number of nitrogens with zero attached hydrogens (tertiary/aromatic N) is 6. The standard InChI is InChI=1S/C18H26N6O5/c1-23(2)9-22-16-13-17(20-8-19-16)24(10-21-13)18-15(14(26)11(7-25)28-18)29-12-5-3-4-6-27-12/h8-12,14-15,18,25-26H,3-7H2,1-2H3/t11-,12?,14-,15-,18-/m1/s1. The SMILES string of the molecule is CN(C)C=Nc1ncnc2c1ncn2[C@@H]1O[C@H](CO)[C@@H](O)[C@H]1OC1CCCCO1. The summed E-state index contributed by atoms with van der Waals surface area (Å²) in [6, 6.07) is 0. The number of aliphatic hydroxyl groups excluding tert-OH is 2. The Morgan fingerprint density at radius 2 is 2.21 bits per heavy atom. The van der Waals surface area contributed by atoms with Gasteiger partial charge in [-0.3, -0.25) is 4.57 Å². The van der Waals surface area contributed by atoms with Crippen molar-refractivity contribution >= 4 is 23.3 Å². The number of aliphatic imine (C=N–C) groups is 1. The van der Waals surface area contributed by atoms with E-state index in [1.807, 2.05) is 14.1 Å². The Bertz CT molecular complexity index is 852. The van der Waals surface area contributed by atoms with Crippen molar-refractivity contribution in [2.75, 3.05) is 27.3 Å². The molecule has 5 atom stereocenters. The maximum Gasteiger partial charge on any atom is 0.184 e. The fourth-order valence-corrected chi connectivity index (χ4v) is 3.52. The lowest BCUT2D eigenvalue weighted by Gasteiger charge is -2.29. The first-order chi connectivity index (χ1) is 14.1. The molecule has 2 N–H and O–H groups in total. The zero-order valence-electron chi connectivity index (χ0n) is 16.5. The first-order valence-corrected chi connectivity index (χ1v) is 9.68. The summed E-state index contributed by atoms with van der Waals surface area (Å²) in [7, 11) is 3.72. The number of aliphatic hydroxyl groups is 2. The number of aromatic nitrogens is 4. The molecule has 0 spiro atoms. The van der Waals surface area contributed by atoms with Gasteiger partial charge in [0.25, 0.3) is 0 Å². The van der Waals surface area contributed by atoms with Crippen molar-refractivity contribution in [2.24, 2.45) is 4.99 Å². The van der Waals surface area contributed by atoms with E-state index in [0.717, 1.165) is 19.3 Å². The van der Waals surface area contributed by atoms with Gasteiger partial charge in [0.2, 0.25) is 0 Å². The van der Waals surface area contributed by atoms with Gasteiger partial charge in [-0.05, 0) is 19.3 Å². The van der Waals surface area contributed by atoms with Crippen molar-refractivity contribution in [2.45, 2.75) is 50.1 Å². The lowest BCUT2D eigenvalue weighted by molar-refractivity contribution is -0.215. The first-order valence-electron chi connectivity index (χ1n) is 9.68. The predicted molar refractivity (Wildman–Crippen MR) is 103 cm³/mol. The first kappa shape index (κ1) is 20.1. The third-order valence-corrected chi connectivity index (χ3v) is 4.96. The number of rotatable bonds is 6. The van der Waals surface area contributed by atoms with Crippen molar-refractivity contribution in [1.29, 1.82) is 0 Å². The van der Waals surface area contributed by atoms with Crippen LogP contribution in [0.15, 0.2) is 17.6 Å². The molecule has 0 saturated carbocycles. The van der Waals surface area contributed by atoms with E-state index in [1.54, 1.807) is 22.1 Å². The van der Waals surface area contributed by atoms with Crippen LogP contribution in [-0.2, 0) is 14.2 Å². The van der Waals surface area contributed by atoms with Crippen molar-refractivity contribution < 1.29 is 24.4 Å². The fourth-order valence-electron chi connectivity index (χ4n) is 3.52. The molecule has 11 nitrogen and oxygen atoms in total. The van der Waals surface area contributed by atoms with Crippen LogP contribution < -0.4 is 0 Å². The second-order valence-electron chi connectivity index (χ2n) is 7.36. The monoisotopic (exact) mass is 406 g/mol. The molecule has 2 aliphatic heterocycles. The van der Waals surface area contributed by atoms with Gasteiger partial charge in [-0.15, -0.1) is 0 Å². The topological polar surface area (TPSA) is 127 Å². The maximum atomic E-state index is 10.7. The van der Waals surface area contributed by atoms with Crippen molar-refractivity contribution in [3.63, 3.8) is 0 Å². The molecule has 158 valence electrons. The summed E-state index contributed by atoms with van der Waals surface area (Å²) >= 11 is 0. The van der Waals surface area contributed by atoms with Gasteiger partial charge in [-0.25, -0.2) is 19.9 Å². The summed E-state index contributed by atoms with van der Waals surface area (Å²) in [5.41, 5.74) is 1.00. The molecule has 1 unspecified atom stereocenters. The van der Waals surface area contributed by atoms with Crippen molar-refractivity contribution in [3.8, 4) is 0 Å². The third kappa shape index (κ3) is 4.09. The Labute approximate surface area is 168 Å². The Hall–Kier alpha value is -2.18.